The van der Waals surface area contributed by atoms with Crippen LogP contribution in [0.5, 0.6) is 11.5 Å². The number of benzene rings is 1. The van der Waals surface area contributed by atoms with Crippen molar-refractivity contribution in [2.24, 2.45) is 0 Å². The van der Waals surface area contributed by atoms with Gasteiger partial charge < -0.3 is 24.4 Å². The van der Waals surface area contributed by atoms with Crippen molar-refractivity contribution in [1.82, 2.24) is 0 Å². The van der Waals surface area contributed by atoms with Crippen LogP contribution >= 0.6 is 0 Å². The topological polar surface area (TPSA) is 85.2 Å². The van der Waals surface area contributed by atoms with Crippen LogP contribution in [-0.2, 0) is 15.1 Å². The lowest BCUT2D eigenvalue weighted by Gasteiger charge is -2.45. The first kappa shape index (κ1) is 15.7. The maximum absolute atomic E-state index is 11.6. The Hall–Kier alpha value is -2.57. The Balaban J connectivity index is 1.63. The Labute approximate surface area is 150 Å². The lowest BCUT2D eigenvalue weighted by atomic mass is 9.76. The number of carbonyl (C=O) groups is 1. The largest absolute Gasteiger partial charge is 0.491 e. The lowest BCUT2D eigenvalue weighted by molar-refractivity contribution is -0.187. The zero-order valence-electron chi connectivity index (χ0n) is 14.4. The summed E-state index contributed by atoms with van der Waals surface area (Å²) in [7, 11) is 0. The van der Waals surface area contributed by atoms with E-state index in [1.165, 1.54) is 18.2 Å². The van der Waals surface area contributed by atoms with Crippen molar-refractivity contribution in [3.05, 3.63) is 53.3 Å². The van der Waals surface area contributed by atoms with Crippen LogP contribution in [0.1, 0.15) is 25.0 Å². The average molecular weight is 354 g/mol. The summed E-state index contributed by atoms with van der Waals surface area (Å²) in [5.41, 5.74) is -2.33. The van der Waals surface area contributed by atoms with E-state index in [1.54, 1.807) is 12.1 Å². The molecule has 1 saturated heterocycles. The zero-order chi connectivity index (χ0) is 18.3. The maximum atomic E-state index is 11.6. The van der Waals surface area contributed by atoms with Crippen LogP contribution in [-0.4, -0.2) is 39.9 Å². The van der Waals surface area contributed by atoms with Gasteiger partial charge in [0.2, 0.25) is 0 Å². The summed E-state index contributed by atoms with van der Waals surface area (Å²) in [6.07, 6.45) is 6.68. The number of ketones is 1. The van der Waals surface area contributed by atoms with Crippen LogP contribution in [0, 0.1) is 0 Å². The van der Waals surface area contributed by atoms with Crippen LogP contribution < -0.4 is 9.47 Å². The summed E-state index contributed by atoms with van der Waals surface area (Å²) in [5.74, 6) is 0.902. The van der Waals surface area contributed by atoms with E-state index in [1.807, 2.05) is 26.0 Å². The van der Waals surface area contributed by atoms with E-state index in [0.717, 1.165) is 5.56 Å². The molecule has 0 bridgehead atoms. The van der Waals surface area contributed by atoms with Gasteiger partial charge in [0.15, 0.2) is 23.1 Å². The van der Waals surface area contributed by atoms with Gasteiger partial charge in [-0.25, -0.2) is 0 Å². The molecule has 0 radical (unpaired) electrons. The molecule has 1 aromatic rings. The van der Waals surface area contributed by atoms with Gasteiger partial charge in [-0.3, -0.25) is 4.79 Å². The van der Waals surface area contributed by atoms with Crippen molar-refractivity contribution in [3.63, 3.8) is 0 Å². The summed E-state index contributed by atoms with van der Waals surface area (Å²) in [5, 5.41) is 22.4. The molecule has 3 heterocycles. The fraction of sp³-hybridized carbons (Fsp3) is 0.350. The molecule has 3 unspecified atom stereocenters. The van der Waals surface area contributed by atoms with Gasteiger partial charge >= 0.3 is 0 Å². The molecule has 0 saturated carbocycles. The zero-order valence-corrected chi connectivity index (χ0v) is 14.4. The SMILES string of the molecule is CC1(C)C=Cc2cc3c(cc2O1)OC1C2(O)C=CC(=O)C=C2OCC31O. The van der Waals surface area contributed by atoms with Crippen molar-refractivity contribution < 1.29 is 29.2 Å². The van der Waals surface area contributed by atoms with Crippen LogP contribution in [0.4, 0.5) is 0 Å². The predicted molar refractivity (Wildman–Crippen MR) is 91.6 cm³/mol. The Kier molecular flexibility index (Phi) is 2.76. The van der Waals surface area contributed by atoms with Gasteiger partial charge in [-0.1, -0.05) is 6.08 Å². The highest BCUT2D eigenvalue weighted by Gasteiger charge is 2.63. The summed E-state index contributed by atoms with van der Waals surface area (Å²) >= 11 is 0. The van der Waals surface area contributed by atoms with Crippen molar-refractivity contribution in [2.45, 2.75) is 36.8 Å². The standard InChI is InChI=1S/C20H18O6/c1-18(2)5-3-11-7-13-15(9-14(11)26-18)25-17-19(22)6-4-12(21)8-16(19)24-10-20(13,17)23/h3-9,17,22-23H,10H2,1-2H3. The number of carbonyl (C=O) groups excluding carboxylic acids is 1. The molecule has 6 heteroatoms. The Bertz CT molecular complexity index is 940. The van der Waals surface area contributed by atoms with E-state index in [-0.39, 0.29) is 18.1 Å². The Morgan fingerprint density at radius 2 is 1.92 bits per heavy atom. The number of hydrogen-bond acceptors (Lipinski definition) is 6. The van der Waals surface area contributed by atoms with Crippen molar-refractivity contribution in [3.8, 4) is 11.5 Å². The van der Waals surface area contributed by atoms with E-state index in [2.05, 4.69) is 0 Å². The third-order valence-electron chi connectivity index (χ3n) is 5.31. The molecule has 26 heavy (non-hydrogen) atoms. The van der Waals surface area contributed by atoms with E-state index in [0.29, 0.717) is 17.1 Å². The fourth-order valence-electron chi connectivity index (χ4n) is 3.96. The quantitative estimate of drug-likeness (QED) is 0.736. The molecule has 3 aliphatic heterocycles. The van der Waals surface area contributed by atoms with Crippen LogP contribution in [0.15, 0.2) is 42.2 Å². The molecular weight excluding hydrogens is 336 g/mol. The van der Waals surface area contributed by atoms with E-state index < -0.39 is 22.9 Å². The van der Waals surface area contributed by atoms with Gasteiger partial charge in [0, 0.05) is 23.3 Å². The molecule has 2 N–H and O–H groups in total. The number of aliphatic hydroxyl groups is 2. The molecule has 4 aliphatic rings. The highest BCUT2D eigenvalue weighted by atomic mass is 16.6. The van der Waals surface area contributed by atoms with Gasteiger partial charge in [-0.15, -0.1) is 0 Å². The predicted octanol–water partition coefficient (Wildman–Crippen LogP) is 1.60. The highest BCUT2D eigenvalue weighted by Crippen LogP contribution is 2.53. The van der Waals surface area contributed by atoms with Gasteiger partial charge in [-0.2, -0.15) is 0 Å². The minimum atomic E-state index is -1.71. The average Bonchev–Trinajstić information content (AvgIpc) is 2.87. The third-order valence-corrected chi connectivity index (χ3v) is 5.31. The van der Waals surface area contributed by atoms with Crippen molar-refractivity contribution in [1.29, 1.82) is 0 Å². The molecule has 1 aliphatic carbocycles. The number of ether oxygens (including phenoxy) is 3. The van der Waals surface area contributed by atoms with E-state index in [9.17, 15) is 15.0 Å². The fourth-order valence-corrected chi connectivity index (χ4v) is 3.96. The van der Waals surface area contributed by atoms with Crippen LogP contribution in [0.25, 0.3) is 6.08 Å². The summed E-state index contributed by atoms with van der Waals surface area (Å²) < 4.78 is 17.5. The third kappa shape index (κ3) is 1.91. The molecule has 5 rings (SSSR count). The molecule has 0 spiro atoms. The lowest BCUT2D eigenvalue weighted by Crippen LogP contribution is -2.61. The second-order valence-corrected chi connectivity index (χ2v) is 7.71. The second kappa shape index (κ2) is 4.58. The second-order valence-electron chi connectivity index (χ2n) is 7.71. The van der Waals surface area contributed by atoms with E-state index >= 15 is 0 Å². The number of rotatable bonds is 0. The summed E-state index contributed by atoms with van der Waals surface area (Å²) in [6, 6.07) is 3.53. The molecule has 134 valence electrons. The molecule has 0 amide bonds. The van der Waals surface area contributed by atoms with Gasteiger partial charge in [-0.05, 0) is 38.1 Å². The minimum Gasteiger partial charge on any atom is -0.491 e. The normalized spacial score (nSPS) is 35.2. The molecule has 0 aromatic heterocycles. The summed E-state index contributed by atoms with van der Waals surface area (Å²) in [4.78, 5) is 11.6. The first-order chi connectivity index (χ1) is 12.2. The first-order valence-corrected chi connectivity index (χ1v) is 8.48. The highest BCUT2D eigenvalue weighted by molar-refractivity contribution is 6.01. The van der Waals surface area contributed by atoms with Crippen molar-refractivity contribution >= 4 is 11.9 Å². The van der Waals surface area contributed by atoms with Crippen LogP contribution in [0.2, 0.25) is 0 Å². The first-order valence-electron chi connectivity index (χ1n) is 8.48. The Morgan fingerprint density at radius 1 is 1.12 bits per heavy atom. The minimum absolute atomic E-state index is 0.0922. The summed E-state index contributed by atoms with van der Waals surface area (Å²) in [6.45, 7) is 3.78. The van der Waals surface area contributed by atoms with E-state index in [4.69, 9.17) is 14.2 Å². The van der Waals surface area contributed by atoms with Crippen molar-refractivity contribution in [2.75, 3.05) is 6.61 Å². The van der Waals surface area contributed by atoms with Gasteiger partial charge in [0.05, 0.1) is 0 Å². The molecule has 6 nitrogen and oxygen atoms in total. The molecule has 1 aromatic carbocycles. The van der Waals surface area contributed by atoms with Crippen LogP contribution in [0.3, 0.4) is 0 Å². The monoisotopic (exact) mass is 354 g/mol. The number of allylic oxidation sites excluding steroid dienone is 2. The maximum Gasteiger partial charge on any atom is 0.181 e. The van der Waals surface area contributed by atoms with Gasteiger partial charge in [0.1, 0.15) is 29.5 Å². The Morgan fingerprint density at radius 3 is 2.73 bits per heavy atom. The molecule has 3 atom stereocenters. The molecule has 1 fully saturated rings. The molecular formula is C20H18O6. The smallest absolute Gasteiger partial charge is 0.181 e. The number of hydrogen-bond donors (Lipinski definition) is 2. The number of fused-ring (bicyclic) bond motifs is 6. The van der Waals surface area contributed by atoms with Gasteiger partial charge in [0.25, 0.3) is 0 Å².